The molecule has 0 spiro atoms. The van der Waals surface area contributed by atoms with Gasteiger partial charge in [0.05, 0.1) is 6.61 Å². The lowest BCUT2D eigenvalue weighted by Crippen LogP contribution is -2.22. The van der Waals surface area contributed by atoms with Crippen LogP contribution in [0.15, 0.2) is 18.2 Å². The van der Waals surface area contributed by atoms with Gasteiger partial charge in [-0.1, -0.05) is 6.07 Å². The largest absolute Gasteiger partial charge is 0.392 e. The van der Waals surface area contributed by atoms with E-state index in [-0.39, 0.29) is 25.0 Å². The molecule has 0 aliphatic rings. The van der Waals surface area contributed by atoms with E-state index >= 15 is 0 Å². The molecule has 0 fully saturated rings. The van der Waals surface area contributed by atoms with Crippen molar-refractivity contribution in [1.82, 2.24) is 0 Å². The molecule has 0 unspecified atom stereocenters. The Morgan fingerprint density at radius 2 is 2.15 bits per heavy atom. The highest BCUT2D eigenvalue weighted by molar-refractivity contribution is 5.30. The van der Waals surface area contributed by atoms with E-state index in [4.69, 9.17) is 16.6 Å². The van der Waals surface area contributed by atoms with Crippen molar-refractivity contribution in [2.75, 3.05) is 6.54 Å². The summed E-state index contributed by atoms with van der Waals surface area (Å²) in [5.74, 6) is -0.378. The number of aliphatic hydroxyl groups is 1. The summed E-state index contributed by atoms with van der Waals surface area (Å²) >= 11 is 0. The summed E-state index contributed by atoms with van der Waals surface area (Å²) in [6.07, 6.45) is 0. The van der Waals surface area contributed by atoms with Crippen LogP contribution >= 0.6 is 0 Å². The fraction of sp³-hybridized carbons (Fsp3) is 0.333. The fourth-order valence-corrected chi connectivity index (χ4v) is 1.20. The topological polar surface area (TPSA) is 72.3 Å². The zero-order valence-electron chi connectivity index (χ0n) is 7.20. The van der Waals surface area contributed by atoms with E-state index in [1.165, 1.54) is 12.1 Å². The quantitative estimate of drug-likeness (QED) is 0.631. The summed E-state index contributed by atoms with van der Waals surface area (Å²) in [6, 6.07) is 3.79. The number of benzene rings is 1. The number of hydrogen-bond donors (Lipinski definition) is 3. The molecule has 0 amide bonds. The van der Waals surface area contributed by atoms with Gasteiger partial charge in [0.25, 0.3) is 0 Å². The van der Waals surface area contributed by atoms with Crippen LogP contribution in [-0.4, -0.2) is 11.7 Å². The molecule has 4 heteroatoms. The Hall–Kier alpha value is -0.970. The van der Waals surface area contributed by atoms with E-state index < -0.39 is 0 Å². The molecule has 0 bridgehead atoms. The first-order valence-electron chi connectivity index (χ1n) is 4.04. The molecule has 13 heavy (non-hydrogen) atoms. The third-order valence-corrected chi connectivity index (χ3v) is 1.93. The predicted octanol–water partition coefficient (Wildman–Crippen LogP) is 0.276. The minimum Gasteiger partial charge on any atom is -0.392 e. The van der Waals surface area contributed by atoms with Crippen LogP contribution in [0.3, 0.4) is 0 Å². The van der Waals surface area contributed by atoms with Crippen molar-refractivity contribution in [2.24, 2.45) is 11.5 Å². The van der Waals surface area contributed by atoms with E-state index in [1.54, 1.807) is 6.07 Å². The van der Waals surface area contributed by atoms with Gasteiger partial charge in [-0.2, -0.15) is 0 Å². The second-order valence-electron chi connectivity index (χ2n) is 2.84. The summed E-state index contributed by atoms with van der Waals surface area (Å²) in [7, 11) is 0. The first kappa shape index (κ1) is 10.1. The molecule has 0 aromatic heterocycles. The van der Waals surface area contributed by atoms with Gasteiger partial charge >= 0.3 is 0 Å². The monoisotopic (exact) mass is 184 g/mol. The van der Waals surface area contributed by atoms with Gasteiger partial charge in [0.2, 0.25) is 0 Å². The summed E-state index contributed by atoms with van der Waals surface area (Å²) in [5.41, 5.74) is 12.2. The lowest BCUT2D eigenvalue weighted by Gasteiger charge is -2.13. The second kappa shape index (κ2) is 4.32. The summed E-state index contributed by atoms with van der Waals surface area (Å²) in [6.45, 7) is 0.0550. The third kappa shape index (κ3) is 2.24. The van der Waals surface area contributed by atoms with Crippen LogP contribution in [-0.2, 0) is 6.61 Å². The maximum absolute atomic E-state index is 12.7. The predicted molar refractivity (Wildman–Crippen MR) is 48.3 cm³/mol. The van der Waals surface area contributed by atoms with Gasteiger partial charge in [0.15, 0.2) is 0 Å². The average Bonchev–Trinajstić information content (AvgIpc) is 2.16. The highest BCUT2D eigenvalue weighted by Crippen LogP contribution is 2.16. The Kier molecular flexibility index (Phi) is 3.36. The Balaban J connectivity index is 3.05. The van der Waals surface area contributed by atoms with Crippen LogP contribution < -0.4 is 11.5 Å². The Bertz CT molecular complexity index is 291. The summed E-state index contributed by atoms with van der Waals surface area (Å²) in [4.78, 5) is 0. The van der Waals surface area contributed by atoms with Crippen LogP contribution in [0.5, 0.6) is 0 Å². The smallest absolute Gasteiger partial charge is 0.123 e. The van der Waals surface area contributed by atoms with Crippen LogP contribution in [0.1, 0.15) is 17.2 Å². The molecular weight excluding hydrogens is 171 g/mol. The number of halogens is 1. The summed E-state index contributed by atoms with van der Waals surface area (Å²) < 4.78 is 12.7. The molecule has 0 aliphatic carbocycles. The SMILES string of the molecule is NC[C@H](N)c1ccc(F)cc1CO. The van der Waals surface area contributed by atoms with E-state index in [2.05, 4.69) is 0 Å². The second-order valence-corrected chi connectivity index (χ2v) is 2.84. The zero-order chi connectivity index (χ0) is 9.84. The normalized spacial score (nSPS) is 12.9. The van der Waals surface area contributed by atoms with E-state index in [9.17, 15) is 4.39 Å². The average molecular weight is 184 g/mol. The molecule has 0 aliphatic heterocycles. The first-order valence-corrected chi connectivity index (χ1v) is 4.04. The molecule has 0 saturated heterocycles. The highest BCUT2D eigenvalue weighted by Gasteiger charge is 2.09. The van der Waals surface area contributed by atoms with Crippen LogP contribution in [0, 0.1) is 5.82 Å². The van der Waals surface area contributed by atoms with E-state index in [0.717, 1.165) is 0 Å². The van der Waals surface area contributed by atoms with Gasteiger partial charge in [0, 0.05) is 12.6 Å². The molecule has 1 aromatic carbocycles. The van der Waals surface area contributed by atoms with Crippen molar-refractivity contribution >= 4 is 0 Å². The molecule has 5 N–H and O–H groups in total. The molecule has 0 heterocycles. The van der Waals surface area contributed by atoms with Gasteiger partial charge < -0.3 is 16.6 Å². The van der Waals surface area contributed by atoms with Gasteiger partial charge in [-0.05, 0) is 23.3 Å². The number of hydrogen-bond acceptors (Lipinski definition) is 3. The Morgan fingerprint density at radius 1 is 1.46 bits per heavy atom. The van der Waals surface area contributed by atoms with Gasteiger partial charge in [-0.25, -0.2) is 4.39 Å². The molecule has 0 saturated carbocycles. The number of aliphatic hydroxyl groups excluding tert-OH is 1. The van der Waals surface area contributed by atoms with Crippen molar-refractivity contribution in [3.8, 4) is 0 Å². The molecule has 1 aromatic rings. The van der Waals surface area contributed by atoms with Crippen molar-refractivity contribution in [1.29, 1.82) is 0 Å². The molecule has 72 valence electrons. The Morgan fingerprint density at radius 3 is 2.69 bits per heavy atom. The maximum atomic E-state index is 12.7. The van der Waals surface area contributed by atoms with Gasteiger partial charge in [-0.3, -0.25) is 0 Å². The van der Waals surface area contributed by atoms with Crippen LogP contribution in [0.4, 0.5) is 4.39 Å². The van der Waals surface area contributed by atoms with Gasteiger partial charge in [0.1, 0.15) is 5.82 Å². The first-order chi connectivity index (χ1) is 6.19. The molecular formula is C9H13FN2O. The van der Waals surface area contributed by atoms with Crippen molar-refractivity contribution in [2.45, 2.75) is 12.6 Å². The Labute approximate surface area is 76.2 Å². The van der Waals surface area contributed by atoms with Crippen LogP contribution in [0.25, 0.3) is 0 Å². The lowest BCUT2D eigenvalue weighted by atomic mass is 10.0. The molecule has 3 nitrogen and oxygen atoms in total. The van der Waals surface area contributed by atoms with Crippen molar-refractivity contribution < 1.29 is 9.50 Å². The van der Waals surface area contributed by atoms with E-state index in [1.807, 2.05) is 0 Å². The maximum Gasteiger partial charge on any atom is 0.123 e. The van der Waals surface area contributed by atoms with Gasteiger partial charge in [-0.15, -0.1) is 0 Å². The van der Waals surface area contributed by atoms with Crippen LogP contribution in [0.2, 0.25) is 0 Å². The lowest BCUT2D eigenvalue weighted by molar-refractivity contribution is 0.279. The minimum absolute atomic E-state index is 0.221. The fourth-order valence-electron chi connectivity index (χ4n) is 1.20. The molecule has 1 atom stereocenters. The van der Waals surface area contributed by atoms with Crippen molar-refractivity contribution in [3.05, 3.63) is 35.1 Å². The van der Waals surface area contributed by atoms with Crippen molar-refractivity contribution in [3.63, 3.8) is 0 Å². The minimum atomic E-state index is -0.378. The zero-order valence-corrected chi connectivity index (χ0v) is 7.20. The van der Waals surface area contributed by atoms with E-state index in [0.29, 0.717) is 11.1 Å². The molecule has 0 radical (unpaired) electrons. The number of nitrogens with two attached hydrogens (primary N) is 2. The summed E-state index contributed by atoms with van der Waals surface area (Å²) in [5, 5.41) is 8.92. The highest BCUT2D eigenvalue weighted by atomic mass is 19.1. The standard InChI is InChI=1S/C9H13FN2O/c10-7-1-2-8(9(12)4-11)6(3-7)5-13/h1-3,9,13H,4-5,11-12H2/t9-/m0/s1. The number of rotatable bonds is 3. The molecule has 1 rings (SSSR count). The third-order valence-electron chi connectivity index (χ3n) is 1.93.